The Morgan fingerprint density at radius 1 is 1.13 bits per heavy atom. The molecule has 1 unspecified atom stereocenters. The minimum atomic E-state index is -0.628. The second-order valence-electron chi connectivity index (χ2n) is 8.00. The molecule has 3 rings (SSSR count). The van der Waals surface area contributed by atoms with Gasteiger partial charge in [-0.05, 0) is 31.7 Å². The number of phenols is 2. The number of phenolic OH excluding ortho intramolecular Hbond substituents is 2. The maximum absolute atomic E-state index is 13.0. The highest BCUT2D eigenvalue weighted by molar-refractivity contribution is 6.11. The Hall–Kier alpha value is -3.38. The van der Waals surface area contributed by atoms with Gasteiger partial charge in [0, 0.05) is 30.2 Å². The molecule has 0 saturated carbocycles. The van der Waals surface area contributed by atoms with Crippen molar-refractivity contribution in [3.8, 4) is 22.6 Å². The van der Waals surface area contributed by atoms with E-state index >= 15 is 0 Å². The van der Waals surface area contributed by atoms with Gasteiger partial charge in [-0.2, -0.15) is 0 Å². The number of carbonyl (C=O) groups is 1. The molecular formula is C25H26O6. The van der Waals surface area contributed by atoms with Crippen molar-refractivity contribution in [1.82, 2.24) is 0 Å². The summed E-state index contributed by atoms with van der Waals surface area (Å²) in [6.45, 7) is 5.28. The number of allylic oxidation sites excluding steroid dienone is 2. The van der Waals surface area contributed by atoms with E-state index in [0.717, 1.165) is 5.57 Å². The van der Waals surface area contributed by atoms with E-state index in [1.165, 1.54) is 6.07 Å². The summed E-state index contributed by atoms with van der Waals surface area (Å²) >= 11 is 0. The molecule has 0 fully saturated rings. The first kappa shape index (κ1) is 22.3. The van der Waals surface area contributed by atoms with Gasteiger partial charge >= 0.3 is 5.63 Å². The third-order valence-electron chi connectivity index (χ3n) is 5.16. The van der Waals surface area contributed by atoms with Gasteiger partial charge in [-0.15, -0.1) is 0 Å². The number of aliphatic hydroxyl groups excluding tert-OH is 1. The topological polar surface area (TPSA) is 108 Å². The summed E-state index contributed by atoms with van der Waals surface area (Å²) in [7, 11) is 0. The molecule has 2 aromatic carbocycles. The first-order chi connectivity index (χ1) is 14.7. The standard InChI is InChI=1S/C25H26O6/c1-14(2)9-10-17-23(29)22(19(27)11-15(3)13-26)24(30)21-18(12-20(28)31-25(17)21)16-7-5-4-6-8-16/h4-9,12,15,26,29-30H,10-11,13H2,1-3H3. The lowest BCUT2D eigenvalue weighted by Gasteiger charge is -2.17. The van der Waals surface area contributed by atoms with Gasteiger partial charge in [0.1, 0.15) is 22.6 Å². The number of hydrogen-bond donors (Lipinski definition) is 3. The highest BCUT2D eigenvalue weighted by atomic mass is 16.4. The van der Waals surface area contributed by atoms with E-state index in [1.54, 1.807) is 31.2 Å². The summed E-state index contributed by atoms with van der Waals surface area (Å²) in [5.41, 5.74) is 1.50. The van der Waals surface area contributed by atoms with Crippen molar-refractivity contribution in [2.45, 2.75) is 33.6 Å². The Kier molecular flexibility index (Phi) is 6.61. The second kappa shape index (κ2) is 9.18. The van der Waals surface area contributed by atoms with Gasteiger partial charge in [0.25, 0.3) is 0 Å². The Balaban J connectivity index is 2.42. The smallest absolute Gasteiger partial charge is 0.336 e. The zero-order valence-corrected chi connectivity index (χ0v) is 17.8. The normalized spacial score (nSPS) is 12.0. The average Bonchev–Trinajstić information content (AvgIpc) is 2.73. The quantitative estimate of drug-likeness (QED) is 0.292. The molecule has 1 aromatic heterocycles. The van der Waals surface area contributed by atoms with Crippen molar-refractivity contribution < 1.29 is 24.5 Å². The van der Waals surface area contributed by atoms with E-state index < -0.39 is 22.9 Å². The SMILES string of the molecule is CC(C)=CCc1c(O)c(C(=O)CC(C)CO)c(O)c2c(-c3ccccc3)cc(=O)oc12. The molecule has 3 aromatic rings. The van der Waals surface area contributed by atoms with Crippen LogP contribution >= 0.6 is 0 Å². The zero-order valence-electron chi connectivity index (χ0n) is 17.8. The van der Waals surface area contributed by atoms with Crippen LogP contribution in [0.25, 0.3) is 22.1 Å². The Morgan fingerprint density at radius 3 is 2.42 bits per heavy atom. The van der Waals surface area contributed by atoms with Gasteiger partial charge in [0.2, 0.25) is 0 Å². The molecule has 6 heteroatoms. The third kappa shape index (κ3) is 4.54. The van der Waals surface area contributed by atoms with Crippen LogP contribution in [0.4, 0.5) is 0 Å². The van der Waals surface area contributed by atoms with Crippen molar-refractivity contribution in [3.63, 3.8) is 0 Å². The molecule has 3 N–H and O–H groups in total. The van der Waals surface area contributed by atoms with E-state index in [-0.39, 0.29) is 47.5 Å². The monoisotopic (exact) mass is 422 g/mol. The molecule has 0 aliphatic rings. The summed E-state index contributed by atoms with van der Waals surface area (Å²) in [6, 6.07) is 10.3. The molecule has 1 heterocycles. The number of carbonyl (C=O) groups excluding carboxylic acids is 1. The zero-order chi connectivity index (χ0) is 22.7. The number of fused-ring (bicyclic) bond motifs is 1. The molecule has 0 amide bonds. The van der Waals surface area contributed by atoms with Gasteiger partial charge in [0.05, 0.1) is 5.39 Å². The predicted octanol–water partition coefficient (Wildman–Crippen LogP) is 4.58. The lowest BCUT2D eigenvalue weighted by atomic mass is 9.91. The van der Waals surface area contributed by atoms with Crippen molar-refractivity contribution >= 4 is 16.8 Å². The molecule has 1 atom stereocenters. The summed E-state index contributed by atoms with van der Waals surface area (Å²) in [4.78, 5) is 25.3. The summed E-state index contributed by atoms with van der Waals surface area (Å²) in [5, 5.41) is 31.6. The van der Waals surface area contributed by atoms with Crippen LogP contribution in [0.2, 0.25) is 0 Å². The minimum Gasteiger partial charge on any atom is -0.507 e. The van der Waals surface area contributed by atoms with E-state index in [4.69, 9.17) is 4.42 Å². The van der Waals surface area contributed by atoms with E-state index in [9.17, 15) is 24.9 Å². The highest BCUT2D eigenvalue weighted by Gasteiger charge is 2.28. The van der Waals surface area contributed by atoms with E-state index in [1.807, 2.05) is 26.0 Å². The fourth-order valence-electron chi connectivity index (χ4n) is 3.52. The second-order valence-corrected chi connectivity index (χ2v) is 8.00. The maximum atomic E-state index is 13.0. The molecule has 31 heavy (non-hydrogen) atoms. The molecule has 0 spiro atoms. The third-order valence-corrected chi connectivity index (χ3v) is 5.16. The number of benzene rings is 2. The number of ketones is 1. The van der Waals surface area contributed by atoms with Crippen molar-refractivity contribution in [1.29, 1.82) is 0 Å². The molecule has 0 aliphatic heterocycles. The Morgan fingerprint density at radius 2 is 1.81 bits per heavy atom. The fraction of sp³-hybridized carbons (Fsp3) is 0.280. The van der Waals surface area contributed by atoms with Crippen LogP contribution in [0.3, 0.4) is 0 Å². The van der Waals surface area contributed by atoms with E-state index in [0.29, 0.717) is 11.1 Å². The van der Waals surface area contributed by atoms with Gasteiger partial charge in [-0.3, -0.25) is 4.79 Å². The molecule has 0 aliphatic carbocycles. The van der Waals surface area contributed by atoms with E-state index in [2.05, 4.69) is 0 Å². The summed E-state index contributed by atoms with van der Waals surface area (Å²) in [6.07, 6.45) is 2.00. The highest BCUT2D eigenvalue weighted by Crippen LogP contribution is 2.44. The molecule has 0 bridgehead atoms. The fourth-order valence-corrected chi connectivity index (χ4v) is 3.52. The summed E-state index contributed by atoms with van der Waals surface area (Å²) < 4.78 is 5.43. The molecular weight excluding hydrogens is 396 g/mol. The van der Waals surface area contributed by atoms with Crippen molar-refractivity contribution in [3.05, 3.63) is 69.6 Å². The lowest BCUT2D eigenvalue weighted by Crippen LogP contribution is -2.11. The average molecular weight is 422 g/mol. The van der Waals surface area contributed by atoms with Crippen molar-refractivity contribution in [2.24, 2.45) is 5.92 Å². The molecule has 0 saturated heterocycles. The molecule has 0 radical (unpaired) electrons. The summed E-state index contributed by atoms with van der Waals surface area (Å²) in [5.74, 6) is -1.69. The molecule has 162 valence electrons. The van der Waals surface area contributed by atoms with Crippen LogP contribution < -0.4 is 5.63 Å². The van der Waals surface area contributed by atoms with Crippen LogP contribution in [-0.2, 0) is 6.42 Å². The number of aromatic hydroxyl groups is 2. The number of Topliss-reactive ketones (excluding diaryl/α,β-unsaturated/α-hetero) is 1. The van der Waals surface area contributed by atoms with Gasteiger partial charge in [-0.25, -0.2) is 4.79 Å². The van der Waals surface area contributed by atoms with Crippen LogP contribution in [0, 0.1) is 5.92 Å². The molecule has 6 nitrogen and oxygen atoms in total. The first-order valence-corrected chi connectivity index (χ1v) is 10.1. The van der Waals surface area contributed by atoms with Crippen LogP contribution in [0.15, 0.2) is 57.3 Å². The van der Waals surface area contributed by atoms with Crippen LogP contribution in [0.5, 0.6) is 11.5 Å². The van der Waals surface area contributed by atoms with Crippen LogP contribution in [0.1, 0.15) is 43.1 Å². The van der Waals surface area contributed by atoms with Crippen molar-refractivity contribution in [2.75, 3.05) is 6.61 Å². The Bertz CT molecular complexity index is 1200. The lowest BCUT2D eigenvalue weighted by molar-refractivity contribution is 0.0938. The van der Waals surface area contributed by atoms with Gasteiger partial charge in [-0.1, -0.05) is 48.9 Å². The maximum Gasteiger partial charge on any atom is 0.336 e. The van der Waals surface area contributed by atoms with Gasteiger partial charge in [0.15, 0.2) is 5.78 Å². The van der Waals surface area contributed by atoms with Crippen LogP contribution in [-0.4, -0.2) is 27.7 Å². The minimum absolute atomic E-state index is 0.0469. The largest absolute Gasteiger partial charge is 0.507 e. The first-order valence-electron chi connectivity index (χ1n) is 10.1. The number of hydrogen-bond acceptors (Lipinski definition) is 6. The predicted molar refractivity (Wildman–Crippen MR) is 120 cm³/mol. The number of aliphatic hydroxyl groups is 1. The van der Waals surface area contributed by atoms with Gasteiger partial charge < -0.3 is 19.7 Å². The number of rotatable bonds is 7. The Labute approximate surface area is 180 Å².